The third-order valence-electron chi connectivity index (χ3n) is 3.91. The molecule has 3 rings (SSSR count). The Morgan fingerprint density at radius 3 is 2.95 bits per heavy atom. The van der Waals surface area contributed by atoms with Crippen molar-refractivity contribution in [2.45, 2.75) is 37.6 Å². The molecule has 2 heterocycles. The molecular formula is C15H18N2O2S2. The smallest absolute Gasteiger partial charge is 0.306 e. The number of rotatable bonds is 6. The number of ether oxygens (including phenoxy) is 1. The van der Waals surface area contributed by atoms with Gasteiger partial charge in [-0.05, 0) is 30.7 Å². The summed E-state index contributed by atoms with van der Waals surface area (Å²) >= 11 is 3.48. The van der Waals surface area contributed by atoms with Gasteiger partial charge in [-0.25, -0.2) is 9.97 Å². The minimum absolute atomic E-state index is 0.107. The summed E-state index contributed by atoms with van der Waals surface area (Å²) in [6, 6.07) is 2.20. The van der Waals surface area contributed by atoms with E-state index in [0.29, 0.717) is 6.42 Å². The highest BCUT2D eigenvalue weighted by Gasteiger charge is 2.44. The Kier molecular flexibility index (Phi) is 4.17. The van der Waals surface area contributed by atoms with Crippen LogP contribution in [-0.2, 0) is 16.0 Å². The average molecular weight is 322 g/mol. The van der Waals surface area contributed by atoms with Crippen LogP contribution in [0.2, 0.25) is 0 Å². The van der Waals surface area contributed by atoms with Gasteiger partial charge in [0.2, 0.25) is 0 Å². The lowest BCUT2D eigenvalue weighted by Crippen LogP contribution is -2.13. The van der Waals surface area contributed by atoms with Crippen molar-refractivity contribution in [3.8, 4) is 0 Å². The van der Waals surface area contributed by atoms with Crippen molar-refractivity contribution < 1.29 is 9.53 Å². The number of hydrogen-bond donors (Lipinski definition) is 0. The van der Waals surface area contributed by atoms with Crippen molar-refractivity contribution in [2.24, 2.45) is 5.41 Å². The van der Waals surface area contributed by atoms with Gasteiger partial charge < -0.3 is 4.74 Å². The largest absolute Gasteiger partial charge is 0.469 e. The van der Waals surface area contributed by atoms with Crippen LogP contribution in [0, 0.1) is 5.41 Å². The molecule has 0 saturated heterocycles. The summed E-state index contributed by atoms with van der Waals surface area (Å²) in [6.07, 6.45) is 5.40. The van der Waals surface area contributed by atoms with Crippen LogP contribution in [0.25, 0.3) is 10.2 Å². The predicted molar refractivity (Wildman–Crippen MR) is 85.8 cm³/mol. The Morgan fingerprint density at radius 2 is 2.29 bits per heavy atom. The van der Waals surface area contributed by atoms with E-state index in [-0.39, 0.29) is 11.4 Å². The van der Waals surface area contributed by atoms with Crippen molar-refractivity contribution in [3.63, 3.8) is 0 Å². The van der Waals surface area contributed by atoms with E-state index in [1.807, 2.05) is 0 Å². The predicted octanol–water partition coefficient (Wildman–Crippen LogP) is 3.69. The molecule has 1 aliphatic rings. The van der Waals surface area contributed by atoms with E-state index in [9.17, 15) is 4.79 Å². The number of aromatic nitrogens is 2. The Labute approximate surface area is 132 Å². The topological polar surface area (TPSA) is 52.1 Å². The van der Waals surface area contributed by atoms with Crippen molar-refractivity contribution in [1.82, 2.24) is 9.97 Å². The molecule has 112 valence electrons. The summed E-state index contributed by atoms with van der Waals surface area (Å²) in [5.41, 5.74) is 0.124. The van der Waals surface area contributed by atoms with Gasteiger partial charge in [0.25, 0.3) is 0 Å². The van der Waals surface area contributed by atoms with E-state index in [1.54, 1.807) is 29.4 Å². The molecule has 0 amide bonds. The van der Waals surface area contributed by atoms with Gasteiger partial charge in [-0.3, -0.25) is 4.79 Å². The summed E-state index contributed by atoms with van der Waals surface area (Å²) in [5.74, 6) is 0.815. The van der Waals surface area contributed by atoms with Crippen LogP contribution in [0.5, 0.6) is 0 Å². The third kappa shape index (κ3) is 3.21. The second kappa shape index (κ2) is 5.93. The molecule has 0 aromatic carbocycles. The molecule has 1 aliphatic carbocycles. The van der Waals surface area contributed by atoms with Gasteiger partial charge in [0, 0.05) is 16.0 Å². The fourth-order valence-electron chi connectivity index (χ4n) is 2.32. The summed E-state index contributed by atoms with van der Waals surface area (Å²) in [7, 11) is 1.46. The number of esters is 1. The quantitative estimate of drug-likeness (QED) is 0.461. The molecule has 2 aromatic rings. The van der Waals surface area contributed by atoms with Crippen LogP contribution >= 0.6 is 23.1 Å². The van der Waals surface area contributed by atoms with Crippen molar-refractivity contribution in [3.05, 3.63) is 17.3 Å². The fourth-order valence-corrected chi connectivity index (χ4v) is 4.59. The number of carbonyl (C=O) groups is 1. The first kappa shape index (κ1) is 14.8. The minimum atomic E-state index is -0.107. The maximum Gasteiger partial charge on any atom is 0.306 e. The number of methoxy groups -OCH3 is 1. The molecule has 0 unspecified atom stereocenters. The molecule has 0 aliphatic heterocycles. The highest BCUT2D eigenvalue weighted by Crippen LogP contribution is 2.52. The average Bonchev–Trinajstić information content (AvgIpc) is 3.12. The third-order valence-corrected chi connectivity index (χ3v) is 6.45. The first-order valence-corrected chi connectivity index (χ1v) is 8.89. The lowest BCUT2D eigenvalue weighted by molar-refractivity contribution is -0.141. The lowest BCUT2D eigenvalue weighted by Gasteiger charge is -2.12. The zero-order valence-electron chi connectivity index (χ0n) is 12.2. The van der Waals surface area contributed by atoms with Gasteiger partial charge in [-0.2, -0.15) is 0 Å². The van der Waals surface area contributed by atoms with Crippen LogP contribution in [0.15, 0.2) is 17.4 Å². The molecule has 0 atom stereocenters. The fraction of sp³-hybridized carbons (Fsp3) is 0.533. The lowest BCUT2D eigenvalue weighted by atomic mass is 10.1. The van der Waals surface area contributed by atoms with Crippen molar-refractivity contribution in [1.29, 1.82) is 0 Å². The highest BCUT2D eigenvalue weighted by atomic mass is 32.2. The first-order chi connectivity index (χ1) is 10.2. The number of thiophene rings is 1. The maximum absolute atomic E-state index is 11.5. The number of hydrogen-bond acceptors (Lipinski definition) is 6. The Hall–Kier alpha value is -1.14. The number of fused-ring (bicyclic) bond motifs is 1. The standard InChI is InChI=1S/C15H18N2O2S2/c1-3-10-6-11-13(16-9-17-14(11)21-10)20-8-15(4-5-15)7-12(18)19-2/h6,9H,3-5,7-8H2,1-2H3. The van der Waals surface area contributed by atoms with E-state index in [2.05, 4.69) is 23.0 Å². The van der Waals surface area contributed by atoms with Crippen LogP contribution in [0.4, 0.5) is 0 Å². The van der Waals surface area contributed by atoms with E-state index in [4.69, 9.17) is 4.74 Å². The first-order valence-electron chi connectivity index (χ1n) is 7.09. The zero-order chi connectivity index (χ0) is 14.9. The van der Waals surface area contributed by atoms with Crippen molar-refractivity contribution >= 4 is 39.3 Å². The molecule has 21 heavy (non-hydrogen) atoms. The van der Waals surface area contributed by atoms with E-state index in [0.717, 1.165) is 40.3 Å². The van der Waals surface area contributed by atoms with Gasteiger partial charge in [-0.1, -0.05) is 6.92 Å². The van der Waals surface area contributed by atoms with E-state index < -0.39 is 0 Å². The van der Waals surface area contributed by atoms with Gasteiger partial charge in [0.15, 0.2) is 0 Å². The normalized spacial score (nSPS) is 16.1. The molecule has 0 radical (unpaired) electrons. The Bertz CT molecular complexity index is 665. The van der Waals surface area contributed by atoms with Crippen LogP contribution < -0.4 is 0 Å². The Morgan fingerprint density at radius 1 is 1.48 bits per heavy atom. The summed E-state index contributed by atoms with van der Waals surface area (Å²) in [5, 5.41) is 2.19. The number of thioether (sulfide) groups is 1. The second-order valence-corrected chi connectivity index (χ2v) is 7.58. The van der Waals surface area contributed by atoms with Gasteiger partial charge in [0.1, 0.15) is 16.2 Å². The SMILES string of the molecule is CCc1cc2c(SCC3(CC(=O)OC)CC3)ncnc2s1. The Balaban J connectivity index is 1.73. The monoisotopic (exact) mass is 322 g/mol. The van der Waals surface area contributed by atoms with Gasteiger partial charge in [0.05, 0.1) is 13.5 Å². The number of aryl methyl sites for hydroxylation is 1. The zero-order valence-corrected chi connectivity index (χ0v) is 13.9. The summed E-state index contributed by atoms with van der Waals surface area (Å²) in [6.45, 7) is 2.15. The second-order valence-electron chi connectivity index (χ2n) is 5.51. The van der Waals surface area contributed by atoms with Crippen LogP contribution in [0.3, 0.4) is 0 Å². The minimum Gasteiger partial charge on any atom is -0.469 e. The van der Waals surface area contributed by atoms with E-state index in [1.165, 1.54) is 12.0 Å². The number of carbonyl (C=O) groups excluding carboxylic acids is 1. The molecule has 4 nitrogen and oxygen atoms in total. The molecular weight excluding hydrogens is 304 g/mol. The van der Waals surface area contributed by atoms with Gasteiger partial charge >= 0.3 is 5.97 Å². The number of nitrogens with zero attached hydrogens (tertiary/aromatic N) is 2. The summed E-state index contributed by atoms with van der Waals surface area (Å²) < 4.78 is 4.79. The molecule has 2 aromatic heterocycles. The molecule has 0 N–H and O–H groups in total. The maximum atomic E-state index is 11.5. The molecule has 1 fully saturated rings. The molecule has 0 spiro atoms. The molecule has 1 saturated carbocycles. The van der Waals surface area contributed by atoms with Crippen LogP contribution in [0.1, 0.15) is 31.1 Å². The van der Waals surface area contributed by atoms with E-state index >= 15 is 0 Å². The summed E-state index contributed by atoms with van der Waals surface area (Å²) in [4.78, 5) is 22.7. The van der Waals surface area contributed by atoms with Crippen molar-refractivity contribution in [2.75, 3.05) is 12.9 Å². The highest BCUT2D eigenvalue weighted by molar-refractivity contribution is 7.99. The van der Waals surface area contributed by atoms with Gasteiger partial charge in [-0.15, -0.1) is 23.1 Å². The van der Waals surface area contributed by atoms with Crippen LogP contribution in [-0.4, -0.2) is 28.8 Å². The molecule has 0 bridgehead atoms. The molecule has 6 heteroatoms.